The Morgan fingerprint density at radius 1 is 0.857 bits per heavy atom. The number of ether oxygens (including phenoxy) is 6. The monoisotopic (exact) mass is 588 g/mol. The number of phenols is 2. The molecule has 2 aromatic carbocycles. The SMILES string of the molecule is COc1cc(O)c2c(c1)C(=O)c1cc3c(c(O)c1C2=O)C(O[C@@H]1O[C@H](C)[C@H](O)[C@@H](OC)[C@H]1OC)C(OC)C(C)(O)C3=O. The first-order chi connectivity index (χ1) is 19.8. The molecule has 0 radical (unpaired) electrons. The molecule has 0 aromatic heterocycles. The highest BCUT2D eigenvalue weighted by Crippen LogP contribution is 2.49. The number of hydrogen-bond donors (Lipinski definition) is 4. The van der Waals surface area contributed by atoms with Gasteiger partial charge in [0, 0.05) is 49.6 Å². The van der Waals surface area contributed by atoms with Crippen LogP contribution in [-0.2, 0) is 23.7 Å². The third-order valence-corrected chi connectivity index (χ3v) is 8.27. The lowest BCUT2D eigenvalue weighted by molar-refractivity contribution is -0.324. The van der Waals surface area contributed by atoms with Crippen molar-refractivity contribution in [3.8, 4) is 17.2 Å². The molecule has 1 saturated heterocycles. The zero-order chi connectivity index (χ0) is 30.8. The summed E-state index contributed by atoms with van der Waals surface area (Å²) in [4.78, 5) is 40.9. The summed E-state index contributed by atoms with van der Waals surface area (Å²) < 4.78 is 33.7. The number of aliphatic hydroxyl groups is 2. The van der Waals surface area contributed by atoms with Gasteiger partial charge in [-0.05, 0) is 26.0 Å². The lowest BCUT2D eigenvalue weighted by atomic mass is 9.72. The molecule has 3 unspecified atom stereocenters. The first kappa shape index (κ1) is 30.0. The standard InChI is InChI=1S/C29H32O13/c1-10-19(31)24(38-4)25(39-5)28(41-10)42-23-18-14(26(35)29(2,36)27(23)40-6)9-13-17(22(18)34)21(33)16-12(20(13)32)7-11(37-3)8-15(16)30/h7-10,19,23-25,27-28,30-31,34,36H,1-6H3/t10-,19+,23?,24-,25-,27?,28+,29?/m1/s1. The van der Waals surface area contributed by atoms with Gasteiger partial charge in [-0.3, -0.25) is 14.4 Å². The van der Waals surface area contributed by atoms with Crippen molar-refractivity contribution in [3.63, 3.8) is 0 Å². The second kappa shape index (κ2) is 10.7. The van der Waals surface area contributed by atoms with Gasteiger partial charge in [0.1, 0.15) is 47.8 Å². The lowest BCUT2D eigenvalue weighted by Crippen LogP contribution is -2.61. The van der Waals surface area contributed by atoms with Gasteiger partial charge >= 0.3 is 0 Å². The van der Waals surface area contributed by atoms with Gasteiger partial charge < -0.3 is 48.8 Å². The summed E-state index contributed by atoms with van der Waals surface area (Å²) in [7, 11) is 5.26. The number of carbonyl (C=O) groups excluding carboxylic acids is 3. The van der Waals surface area contributed by atoms with Gasteiger partial charge in [0.2, 0.25) is 5.78 Å². The van der Waals surface area contributed by atoms with Crippen LogP contribution in [0, 0.1) is 0 Å². The van der Waals surface area contributed by atoms with Crippen LogP contribution >= 0.6 is 0 Å². The molecule has 226 valence electrons. The van der Waals surface area contributed by atoms with E-state index in [0.717, 1.165) is 12.1 Å². The molecule has 5 rings (SSSR count). The summed E-state index contributed by atoms with van der Waals surface area (Å²) in [6.45, 7) is 2.78. The van der Waals surface area contributed by atoms with E-state index in [4.69, 9.17) is 28.4 Å². The van der Waals surface area contributed by atoms with Crippen molar-refractivity contribution < 1.29 is 63.2 Å². The average molecular weight is 589 g/mol. The molecule has 1 aliphatic heterocycles. The average Bonchev–Trinajstić information content (AvgIpc) is 2.95. The number of methoxy groups -OCH3 is 4. The molecule has 0 spiro atoms. The number of carbonyl (C=O) groups is 3. The summed E-state index contributed by atoms with van der Waals surface area (Å²) in [6.07, 6.45) is -7.97. The highest BCUT2D eigenvalue weighted by Gasteiger charge is 2.56. The van der Waals surface area contributed by atoms with E-state index in [1.807, 2.05) is 0 Å². The smallest absolute Gasteiger partial charge is 0.201 e. The largest absolute Gasteiger partial charge is 0.507 e. The van der Waals surface area contributed by atoms with Gasteiger partial charge in [0.15, 0.2) is 23.5 Å². The molecule has 2 aromatic rings. The van der Waals surface area contributed by atoms with E-state index in [1.54, 1.807) is 6.92 Å². The van der Waals surface area contributed by atoms with Crippen LogP contribution in [0.1, 0.15) is 67.7 Å². The number of phenolic OH excluding ortho intramolecular Hbond substituents is 2. The fraction of sp³-hybridized carbons (Fsp3) is 0.483. The molecule has 1 heterocycles. The van der Waals surface area contributed by atoms with Crippen molar-refractivity contribution in [2.45, 2.75) is 62.4 Å². The van der Waals surface area contributed by atoms with Crippen LogP contribution in [0.25, 0.3) is 0 Å². The van der Waals surface area contributed by atoms with Crippen molar-refractivity contribution in [3.05, 3.63) is 51.6 Å². The maximum absolute atomic E-state index is 13.7. The van der Waals surface area contributed by atoms with Gasteiger partial charge in [-0.1, -0.05) is 0 Å². The Kier molecular flexibility index (Phi) is 7.64. The molecular formula is C29H32O13. The Balaban J connectivity index is 1.70. The minimum atomic E-state index is -2.22. The minimum Gasteiger partial charge on any atom is -0.507 e. The molecule has 13 nitrogen and oxygen atoms in total. The summed E-state index contributed by atoms with van der Waals surface area (Å²) >= 11 is 0. The first-order valence-electron chi connectivity index (χ1n) is 13.1. The van der Waals surface area contributed by atoms with Crippen LogP contribution < -0.4 is 4.74 Å². The summed E-state index contributed by atoms with van der Waals surface area (Å²) in [5.74, 6) is -3.72. The van der Waals surface area contributed by atoms with Crippen LogP contribution in [0.4, 0.5) is 0 Å². The molecule has 13 heteroatoms. The molecule has 1 fully saturated rings. The van der Waals surface area contributed by atoms with Crippen molar-refractivity contribution >= 4 is 17.3 Å². The number of Topliss-reactive ketones (excluding diaryl/α,β-unsaturated/α-hetero) is 1. The van der Waals surface area contributed by atoms with E-state index in [1.165, 1.54) is 41.4 Å². The predicted molar refractivity (Wildman–Crippen MR) is 141 cm³/mol. The number of ketones is 3. The van der Waals surface area contributed by atoms with E-state index in [0.29, 0.717) is 0 Å². The fourth-order valence-electron chi connectivity index (χ4n) is 6.07. The second-order valence-corrected chi connectivity index (χ2v) is 10.6. The highest BCUT2D eigenvalue weighted by molar-refractivity contribution is 6.31. The van der Waals surface area contributed by atoms with E-state index in [2.05, 4.69) is 0 Å². The van der Waals surface area contributed by atoms with Crippen molar-refractivity contribution in [1.29, 1.82) is 0 Å². The predicted octanol–water partition coefficient (Wildman–Crippen LogP) is 1.04. The van der Waals surface area contributed by atoms with Gasteiger partial charge in [-0.25, -0.2) is 0 Å². The Labute approximate surface area is 240 Å². The molecular weight excluding hydrogens is 556 g/mol. The summed E-state index contributed by atoms with van der Waals surface area (Å²) in [5, 5.41) is 44.1. The number of aromatic hydroxyl groups is 2. The number of rotatable bonds is 6. The van der Waals surface area contributed by atoms with E-state index in [9.17, 15) is 34.8 Å². The third kappa shape index (κ3) is 4.23. The molecule has 8 atom stereocenters. The molecule has 0 amide bonds. The minimum absolute atomic E-state index is 0.113. The van der Waals surface area contributed by atoms with E-state index in [-0.39, 0.29) is 33.6 Å². The zero-order valence-electron chi connectivity index (χ0n) is 23.7. The number of benzene rings is 2. The van der Waals surface area contributed by atoms with E-state index >= 15 is 0 Å². The Hall–Kier alpha value is -3.43. The van der Waals surface area contributed by atoms with Gasteiger partial charge in [-0.2, -0.15) is 0 Å². The van der Waals surface area contributed by atoms with Crippen molar-refractivity contribution in [1.82, 2.24) is 0 Å². The van der Waals surface area contributed by atoms with Crippen molar-refractivity contribution in [2.24, 2.45) is 0 Å². The summed E-state index contributed by atoms with van der Waals surface area (Å²) in [6, 6.07) is 3.54. The van der Waals surface area contributed by atoms with E-state index < -0.39 is 82.9 Å². The fourth-order valence-corrected chi connectivity index (χ4v) is 6.07. The first-order valence-corrected chi connectivity index (χ1v) is 13.1. The zero-order valence-corrected chi connectivity index (χ0v) is 23.7. The Bertz CT molecular complexity index is 1460. The topological polar surface area (TPSA) is 188 Å². The van der Waals surface area contributed by atoms with Crippen molar-refractivity contribution in [2.75, 3.05) is 28.4 Å². The number of fused-ring (bicyclic) bond motifs is 3. The number of hydrogen-bond acceptors (Lipinski definition) is 13. The molecule has 4 N–H and O–H groups in total. The lowest BCUT2D eigenvalue weighted by Gasteiger charge is -2.47. The van der Waals surface area contributed by atoms with Crippen LogP contribution in [0.15, 0.2) is 18.2 Å². The maximum atomic E-state index is 13.7. The molecule has 42 heavy (non-hydrogen) atoms. The quantitative estimate of drug-likeness (QED) is 0.320. The molecule has 2 aliphatic carbocycles. The molecule has 0 saturated carbocycles. The van der Waals surface area contributed by atoms with Crippen LogP contribution in [0.5, 0.6) is 17.2 Å². The van der Waals surface area contributed by atoms with Crippen LogP contribution in [0.3, 0.4) is 0 Å². The Morgan fingerprint density at radius 2 is 1.50 bits per heavy atom. The van der Waals surface area contributed by atoms with Gasteiger partial charge in [0.25, 0.3) is 0 Å². The molecule has 0 bridgehead atoms. The van der Waals surface area contributed by atoms with Crippen LogP contribution in [0.2, 0.25) is 0 Å². The maximum Gasteiger partial charge on any atom is 0.201 e. The second-order valence-electron chi connectivity index (χ2n) is 10.6. The Morgan fingerprint density at radius 3 is 2.10 bits per heavy atom. The number of aliphatic hydroxyl groups excluding tert-OH is 1. The van der Waals surface area contributed by atoms with Gasteiger partial charge in [-0.15, -0.1) is 0 Å². The highest BCUT2D eigenvalue weighted by atomic mass is 16.7. The van der Waals surface area contributed by atoms with Gasteiger partial charge in [0.05, 0.1) is 24.3 Å². The van der Waals surface area contributed by atoms with Crippen LogP contribution in [-0.4, -0.2) is 109 Å². The molecule has 3 aliphatic rings. The third-order valence-electron chi connectivity index (χ3n) is 8.27. The summed E-state index contributed by atoms with van der Waals surface area (Å²) in [5.41, 5.74) is -4.05. The normalized spacial score (nSPS) is 32.3.